The highest BCUT2D eigenvalue weighted by atomic mass is 32.2. The molecule has 5 nitrogen and oxygen atoms in total. The van der Waals surface area contributed by atoms with E-state index in [2.05, 4.69) is 4.72 Å². The monoisotopic (exact) mass is 298 g/mol. The van der Waals surface area contributed by atoms with Gasteiger partial charge in [0.25, 0.3) is 0 Å². The smallest absolute Gasteiger partial charge is 0.243 e. The number of rotatable bonds is 3. The van der Waals surface area contributed by atoms with Gasteiger partial charge < -0.3 is 10.8 Å². The summed E-state index contributed by atoms with van der Waals surface area (Å²) in [5.41, 5.74) is 7.61. The Morgan fingerprint density at radius 1 is 1.25 bits per heavy atom. The summed E-state index contributed by atoms with van der Waals surface area (Å²) in [7, 11) is -3.71. The Bertz CT molecular complexity index is 599. The second-order valence-corrected chi connectivity index (χ2v) is 7.16. The first-order valence-corrected chi connectivity index (χ1v) is 8.37. The molecule has 1 aliphatic rings. The highest BCUT2D eigenvalue weighted by Crippen LogP contribution is 2.27. The summed E-state index contributed by atoms with van der Waals surface area (Å²) in [6.07, 6.45) is 2.53. The zero-order chi connectivity index (χ0) is 14.9. The molecule has 0 radical (unpaired) electrons. The van der Waals surface area contributed by atoms with Crippen LogP contribution in [0, 0.1) is 13.8 Å². The number of aliphatic hydroxyl groups excluding tert-OH is 1. The Morgan fingerprint density at radius 2 is 1.90 bits per heavy atom. The molecule has 0 aliphatic heterocycles. The SMILES string of the molecule is Cc1ccc(N)c(S(=O)(=O)NC2CCCCC2O)c1C. The lowest BCUT2D eigenvalue weighted by molar-refractivity contribution is 0.101. The van der Waals surface area contributed by atoms with Crippen molar-refractivity contribution in [3.05, 3.63) is 23.3 Å². The van der Waals surface area contributed by atoms with E-state index in [9.17, 15) is 13.5 Å². The van der Waals surface area contributed by atoms with Crippen LogP contribution in [-0.2, 0) is 10.0 Å². The van der Waals surface area contributed by atoms with Gasteiger partial charge in [0.05, 0.1) is 11.8 Å². The van der Waals surface area contributed by atoms with Crippen molar-refractivity contribution in [2.75, 3.05) is 5.73 Å². The predicted octanol–water partition coefficient (Wildman–Crippen LogP) is 1.47. The minimum absolute atomic E-state index is 0.135. The summed E-state index contributed by atoms with van der Waals surface area (Å²) < 4.78 is 27.7. The Morgan fingerprint density at radius 3 is 2.55 bits per heavy atom. The van der Waals surface area contributed by atoms with Gasteiger partial charge in [0.15, 0.2) is 0 Å². The third kappa shape index (κ3) is 2.97. The van der Waals surface area contributed by atoms with Gasteiger partial charge in [0.2, 0.25) is 10.0 Å². The van der Waals surface area contributed by atoms with E-state index in [1.807, 2.05) is 6.92 Å². The molecule has 1 saturated carbocycles. The maximum Gasteiger partial charge on any atom is 0.243 e. The van der Waals surface area contributed by atoms with Crippen molar-refractivity contribution in [3.8, 4) is 0 Å². The van der Waals surface area contributed by atoms with E-state index in [1.54, 1.807) is 19.1 Å². The van der Waals surface area contributed by atoms with Crippen LogP contribution in [0.3, 0.4) is 0 Å². The lowest BCUT2D eigenvalue weighted by Gasteiger charge is -2.28. The fourth-order valence-electron chi connectivity index (χ4n) is 2.67. The fraction of sp³-hybridized carbons (Fsp3) is 0.571. The quantitative estimate of drug-likeness (QED) is 0.737. The van der Waals surface area contributed by atoms with Crippen molar-refractivity contribution >= 4 is 15.7 Å². The molecule has 1 aromatic carbocycles. The van der Waals surface area contributed by atoms with E-state index in [4.69, 9.17) is 5.73 Å². The molecule has 1 aliphatic carbocycles. The first-order chi connectivity index (χ1) is 9.33. The molecule has 6 heteroatoms. The first kappa shape index (κ1) is 15.3. The number of benzene rings is 1. The molecule has 2 unspecified atom stereocenters. The first-order valence-electron chi connectivity index (χ1n) is 6.89. The molecular weight excluding hydrogens is 276 g/mol. The molecule has 2 rings (SSSR count). The summed E-state index contributed by atoms with van der Waals surface area (Å²) in [5, 5.41) is 9.91. The van der Waals surface area contributed by atoms with Gasteiger partial charge in [-0.1, -0.05) is 18.9 Å². The molecule has 0 amide bonds. The second kappa shape index (κ2) is 5.71. The summed E-state index contributed by atoms with van der Waals surface area (Å²) in [4.78, 5) is 0.135. The maximum absolute atomic E-state index is 12.5. The highest BCUT2D eigenvalue weighted by molar-refractivity contribution is 7.89. The van der Waals surface area contributed by atoms with Crippen LogP contribution in [-0.4, -0.2) is 25.7 Å². The summed E-state index contributed by atoms with van der Waals surface area (Å²) in [6.45, 7) is 3.60. The number of nitrogens with two attached hydrogens (primary N) is 1. The minimum atomic E-state index is -3.71. The molecule has 20 heavy (non-hydrogen) atoms. The van der Waals surface area contributed by atoms with Gasteiger partial charge >= 0.3 is 0 Å². The number of hydrogen-bond donors (Lipinski definition) is 3. The van der Waals surface area contributed by atoms with E-state index >= 15 is 0 Å². The van der Waals surface area contributed by atoms with Crippen molar-refractivity contribution in [3.63, 3.8) is 0 Å². The van der Waals surface area contributed by atoms with Gasteiger partial charge in [-0.25, -0.2) is 13.1 Å². The standard InChI is InChI=1S/C14H22N2O3S/c1-9-7-8-11(15)14(10(9)2)20(18,19)16-12-5-3-4-6-13(12)17/h7-8,12-13,16-17H,3-6,15H2,1-2H3. The van der Waals surface area contributed by atoms with Crippen molar-refractivity contribution in [2.45, 2.75) is 56.6 Å². The zero-order valence-electron chi connectivity index (χ0n) is 11.9. The average Bonchev–Trinajstić information content (AvgIpc) is 2.37. The highest BCUT2D eigenvalue weighted by Gasteiger charge is 2.30. The van der Waals surface area contributed by atoms with Crippen LogP contribution in [0.5, 0.6) is 0 Å². The molecule has 0 aromatic heterocycles. The van der Waals surface area contributed by atoms with Crippen LogP contribution in [0.4, 0.5) is 5.69 Å². The number of anilines is 1. The molecule has 0 saturated heterocycles. The summed E-state index contributed by atoms with van der Waals surface area (Å²) in [5.74, 6) is 0. The van der Waals surface area contributed by atoms with E-state index in [0.29, 0.717) is 18.4 Å². The van der Waals surface area contributed by atoms with Gasteiger partial charge in [-0.05, 0) is 43.9 Å². The van der Waals surface area contributed by atoms with Gasteiger partial charge in [0, 0.05) is 6.04 Å². The molecule has 2 atom stereocenters. The Kier molecular flexibility index (Phi) is 4.36. The van der Waals surface area contributed by atoms with Crippen LogP contribution in [0.25, 0.3) is 0 Å². The molecule has 112 valence electrons. The Hall–Kier alpha value is -1.11. The Labute approximate surface area is 120 Å². The molecule has 0 heterocycles. The van der Waals surface area contributed by atoms with Crippen molar-refractivity contribution in [1.29, 1.82) is 0 Å². The van der Waals surface area contributed by atoms with Gasteiger partial charge in [-0.2, -0.15) is 0 Å². The fourth-order valence-corrected chi connectivity index (χ4v) is 4.41. The predicted molar refractivity (Wildman–Crippen MR) is 78.9 cm³/mol. The number of hydrogen-bond acceptors (Lipinski definition) is 4. The topological polar surface area (TPSA) is 92.4 Å². The average molecular weight is 298 g/mol. The van der Waals surface area contributed by atoms with E-state index < -0.39 is 22.2 Å². The molecule has 4 N–H and O–H groups in total. The van der Waals surface area contributed by atoms with Crippen LogP contribution in [0.2, 0.25) is 0 Å². The van der Waals surface area contributed by atoms with Gasteiger partial charge in [-0.3, -0.25) is 0 Å². The lowest BCUT2D eigenvalue weighted by atomic mass is 9.93. The van der Waals surface area contributed by atoms with Crippen LogP contribution in [0.1, 0.15) is 36.8 Å². The maximum atomic E-state index is 12.5. The van der Waals surface area contributed by atoms with E-state index in [0.717, 1.165) is 18.4 Å². The van der Waals surface area contributed by atoms with Crippen molar-refractivity contribution < 1.29 is 13.5 Å². The minimum Gasteiger partial charge on any atom is -0.398 e. The summed E-state index contributed by atoms with van der Waals surface area (Å²) in [6, 6.07) is 2.99. The van der Waals surface area contributed by atoms with Crippen molar-refractivity contribution in [2.24, 2.45) is 0 Å². The number of nitrogens with one attached hydrogen (secondary N) is 1. The van der Waals surface area contributed by atoms with Crippen molar-refractivity contribution in [1.82, 2.24) is 4.72 Å². The number of sulfonamides is 1. The van der Waals surface area contributed by atoms with Crippen LogP contribution in [0.15, 0.2) is 17.0 Å². The Balaban J connectivity index is 2.33. The number of aliphatic hydroxyl groups is 1. The lowest BCUT2D eigenvalue weighted by Crippen LogP contribution is -2.45. The summed E-state index contributed by atoms with van der Waals surface area (Å²) >= 11 is 0. The second-order valence-electron chi connectivity index (χ2n) is 5.51. The zero-order valence-corrected chi connectivity index (χ0v) is 12.7. The molecule has 0 spiro atoms. The largest absolute Gasteiger partial charge is 0.398 e. The molecule has 0 bridgehead atoms. The van der Waals surface area contributed by atoms with Crippen LogP contribution < -0.4 is 10.5 Å². The van der Waals surface area contributed by atoms with Crippen LogP contribution >= 0.6 is 0 Å². The number of nitrogen functional groups attached to an aromatic ring is 1. The molecular formula is C14H22N2O3S. The molecule has 1 fully saturated rings. The normalized spacial score (nSPS) is 23.8. The number of aryl methyl sites for hydroxylation is 1. The van der Waals surface area contributed by atoms with Gasteiger partial charge in [0.1, 0.15) is 4.90 Å². The van der Waals surface area contributed by atoms with Gasteiger partial charge in [-0.15, -0.1) is 0 Å². The third-order valence-electron chi connectivity index (χ3n) is 4.01. The molecule has 1 aromatic rings. The van der Waals surface area contributed by atoms with E-state index in [1.165, 1.54) is 0 Å². The third-order valence-corrected chi connectivity index (χ3v) is 5.70. The van der Waals surface area contributed by atoms with E-state index in [-0.39, 0.29) is 10.6 Å².